The molecule has 1 aliphatic carbocycles. The van der Waals surface area contributed by atoms with Gasteiger partial charge in [0.05, 0.1) is 11.4 Å². The van der Waals surface area contributed by atoms with Crippen molar-refractivity contribution < 1.29 is 4.39 Å². The Kier molecular flexibility index (Phi) is 3.60. The number of nitrogens with two attached hydrogens (primary N) is 1. The first kappa shape index (κ1) is 13.0. The van der Waals surface area contributed by atoms with Gasteiger partial charge in [-0.25, -0.2) is 9.07 Å². The largest absolute Gasteiger partial charge is 0.380 e. The van der Waals surface area contributed by atoms with Crippen LogP contribution in [0.1, 0.15) is 19.3 Å². The second-order valence-corrected chi connectivity index (χ2v) is 5.10. The fourth-order valence-electron chi connectivity index (χ4n) is 2.75. The minimum absolute atomic E-state index is 0.235. The summed E-state index contributed by atoms with van der Waals surface area (Å²) in [5.74, 6) is 0.135. The topological polar surface area (TPSA) is 81.6 Å². The van der Waals surface area contributed by atoms with Crippen LogP contribution in [0.25, 0.3) is 5.69 Å². The van der Waals surface area contributed by atoms with Gasteiger partial charge in [0.15, 0.2) is 0 Å². The standard InChI is InChI=1S/C13H17FN6/c14-11-5-4-10(20-8-16-18-19-20)6-13(11)17-12-3-1-2-9(12)7-15/h4-6,8-9,12,17H,1-3,7,15H2. The molecule has 1 saturated carbocycles. The fraction of sp³-hybridized carbons (Fsp3) is 0.462. The molecule has 1 heterocycles. The van der Waals surface area contributed by atoms with Crippen LogP contribution in [0.15, 0.2) is 24.5 Å². The molecule has 0 aliphatic heterocycles. The fourth-order valence-corrected chi connectivity index (χ4v) is 2.75. The minimum atomic E-state index is -0.274. The van der Waals surface area contributed by atoms with Gasteiger partial charge >= 0.3 is 0 Å². The molecule has 1 aromatic carbocycles. The van der Waals surface area contributed by atoms with Crippen LogP contribution in [-0.2, 0) is 0 Å². The summed E-state index contributed by atoms with van der Waals surface area (Å²) >= 11 is 0. The zero-order valence-electron chi connectivity index (χ0n) is 11.0. The van der Waals surface area contributed by atoms with Crippen molar-refractivity contribution in [1.82, 2.24) is 20.2 Å². The number of halogens is 1. The summed E-state index contributed by atoms with van der Waals surface area (Å²) in [4.78, 5) is 0. The van der Waals surface area contributed by atoms with Crippen LogP contribution in [0.3, 0.4) is 0 Å². The molecular weight excluding hydrogens is 259 g/mol. The number of hydrogen-bond donors (Lipinski definition) is 2. The molecule has 0 amide bonds. The second-order valence-electron chi connectivity index (χ2n) is 5.10. The van der Waals surface area contributed by atoms with Crippen molar-refractivity contribution in [2.75, 3.05) is 11.9 Å². The van der Waals surface area contributed by atoms with Crippen LogP contribution in [0.5, 0.6) is 0 Å². The van der Waals surface area contributed by atoms with Gasteiger partial charge in [0.25, 0.3) is 0 Å². The van der Waals surface area contributed by atoms with Gasteiger partial charge in [-0.3, -0.25) is 0 Å². The van der Waals surface area contributed by atoms with Crippen LogP contribution < -0.4 is 11.1 Å². The molecule has 1 aromatic heterocycles. The van der Waals surface area contributed by atoms with Gasteiger partial charge in [0.1, 0.15) is 12.1 Å². The van der Waals surface area contributed by atoms with Crippen LogP contribution in [0.4, 0.5) is 10.1 Å². The maximum absolute atomic E-state index is 13.9. The Bertz CT molecular complexity index is 570. The zero-order chi connectivity index (χ0) is 13.9. The Morgan fingerprint density at radius 2 is 2.30 bits per heavy atom. The predicted molar refractivity (Wildman–Crippen MR) is 72.9 cm³/mol. The normalized spacial score (nSPS) is 22.1. The lowest BCUT2D eigenvalue weighted by Crippen LogP contribution is -2.29. The lowest BCUT2D eigenvalue weighted by Gasteiger charge is -2.21. The highest BCUT2D eigenvalue weighted by atomic mass is 19.1. The Balaban J connectivity index is 1.83. The molecule has 0 radical (unpaired) electrons. The summed E-state index contributed by atoms with van der Waals surface area (Å²) < 4.78 is 15.4. The van der Waals surface area contributed by atoms with E-state index >= 15 is 0 Å². The molecule has 3 rings (SSSR count). The number of nitrogens with one attached hydrogen (secondary N) is 1. The van der Waals surface area contributed by atoms with E-state index in [1.807, 2.05) is 0 Å². The molecule has 2 unspecified atom stereocenters. The van der Waals surface area contributed by atoms with Crippen LogP contribution >= 0.6 is 0 Å². The second kappa shape index (κ2) is 5.54. The monoisotopic (exact) mass is 276 g/mol. The Morgan fingerprint density at radius 3 is 3.05 bits per heavy atom. The van der Waals surface area contributed by atoms with Gasteiger partial charge in [-0.2, -0.15) is 0 Å². The number of aromatic nitrogens is 4. The molecule has 3 N–H and O–H groups in total. The van der Waals surface area contributed by atoms with Gasteiger partial charge in [-0.1, -0.05) is 6.42 Å². The summed E-state index contributed by atoms with van der Waals surface area (Å²) in [6, 6.07) is 5.02. The van der Waals surface area contributed by atoms with E-state index in [2.05, 4.69) is 20.8 Å². The Labute approximate surface area is 116 Å². The van der Waals surface area contributed by atoms with Gasteiger partial charge < -0.3 is 11.1 Å². The highest BCUT2D eigenvalue weighted by molar-refractivity contribution is 5.52. The lowest BCUT2D eigenvalue weighted by atomic mass is 10.0. The molecule has 2 atom stereocenters. The third-order valence-electron chi connectivity index (χ3n) is 3.87. The minimum Gasteiger partial charge on any atom is -0.380 e. The van der Waals surface area contributed by atoms with E-state index in [4.69, 9.17) is 5.73 Å². The lowest BCUT2D eigenvalue weighted by molar-refractivity contribution is 0.513. The first-order chi connectivity index (χ1) is 9.78. The van der Waals surface area contributed by atoms with Crippen molar-refractivity contribution in [2.24, 2.45) is 11.7 Å². The number of benzene rings is 1. The molecule has 2 aromatic rings. The predicted octanol–water partition coefficient (Wildman–Crippen LogP) is 1.34. The molecule has 1 fully saturated rings. The summed E-state index contributed by atoms with van der Waals surface area (Å²) in [7, 11) is 0. The van der Waals surface area contributed by atoms with E-state index in [9.17, 15) is 4.39 Å². The van der Waals surface area contributed by atoms with Crippen molar-refractivity contribution in [3.8, 4) is 5.69 Å². The van der Waals surface area contributed by atoms with Crippen LogP contribution in [0.2, 0.25) is 0 Å². The Morgan fingerprint density at radius 1 is 1.40 bits per heavy atom. The smallest absolute Gasteiger partial charge is 0.146 e. The van der Waals surface area contributed by atoms with Gasteiger partial charge in [-0.05, 0) is 53.9 Å². The number of rotatable bonds is 4. The van der Waals surface area contributed by atoms with Gasteiger partial charge in [0.2, 0.25) is 0 Å². The van der Waals surface area contributed by atoms with E-state index in [-0.39, 0.29) is 11.9 Å². The maximum Gasteiger partial charge on any atom is 0.146 e. The van der Waals surface area contributed by atoms with Gasteiger partial charge in [0, 0.05) is 6.04 Å². The molecule has 0 spiro atoms. The summed E-state index contributed by atoms with van der Waals surface area (Å²) in [6.07, 6.45) is 4.74. The quantitative estimate of drug-likeness (QED) is 0.880. The van der Waals surface area contributed by atoms with E-state index in [1.54, 1.807) is 12.1 Å². The summed E-state index contributed by atoms with van der Waals surface area (Å²) in [5, 5.41) is 14.2. The zero-order valence-corrected chi connectivity index (χ0v) is 11.0. The molecule has 20 heavy (non-hydrogen) atoms. The average molecular weight is 276 g/mol. The average Bonchev–Trinajstić information content (AvgIpc) is 3.12. The van der Waals surface area contributed by atoms with E-state index in [0.29, 0.717) is 18.2 Å². The molecule has 6 nitrogen and oxygen atoms in total. The van der Waals surface area contributed by atoms with E-state index < -0.39 is 0 Å². The Hall–Kier alpha value is -2.02. The van der Waals surface area contributed by atoms with Crippen LogP contribution in [-0.4, -0.2) is 32.8 Å². The third-order valence-corrected chi connectivity index (χ3v) is 3.87. The van der Waals surface area contributed by atoms with Crippen molar-refractivity contribution in [3.05, 3.63) is 30.3 Å². The molecule has 106 valence electrons. The first-order valence-corrected chi connectivity index (χ1v) is 6.77. The highest BCUT2D eigenvalue weighted by Gasteiger charge is 2.26. The number of anilines is 1. The third kappa shape index (κ3) is 2.49. The van der Waals surface area contributed by atoms with Gasteiger partial charge in [-0.15, -0.1) is 5.10 Å². The van der Waals surface area contributed by atoms with Crippen LogP contribution in [0, 0.1) is 11.7 Å². The van der Waals surface area contributed by atoms with Crippen molar-refractivity contribution in [3.63, 3.8) is 0 Å². The molecule has 0 bridgehead atoms. The highest BCUT2D eigenvalue weighted by Crippen LogP contribution is 2.29. The number of tetrazole rings is 1. The van der Waals surface area contributed by atoms with E-state index in [1.165, 1.54) is 17.1 Å². The summed E-state index contributed by atoms with van der Waals surface area (Å²) in [5.41, 5.74) is 6.96. The molecular formula is C13H17FN6. The van der Waals surface area contributed by atoms with Crippen molar-refractivity contribution in [1.29, 1.82) is 0 Å². The maximum atomic E-state index is 13.9. The van der Waals surface area contributed by atoms with Crippen molar-refractivity contribution >= 4 is 5.69 Å². The number of nitrogens with zero attached hydrogens (tertiary/aromatic N) is 4. The molecule has 1 aliphatic rings. The summed E-state index contributed by atoms with van der Waals surface area (Å²) in [6.45, 7) is 0.631. The number of hydrogen-bond acceptors (Lipinski definition) is 5. The van der Waals surface area contributed by atoms with Crippen molar-refractivity contribution in [2.45, 2.75) is 25.3 Å². The first-order valence-electron chi connectivity index (χ1n) is 6.77. The molecule has 0 saturated heterocycles. The SMILES string of the molecule is NCC1CCCC1Nc1cc(-n2cnnn2)ccc1F. The molecule has 7 heteroatoms. The van der Waals surface area contributed by atoms with E-state index in [0.717, 1.165) is 24.9 Å².